The highest BCUT2D eigenvalue weighted by atomic mass is 79.9. The van der Waals surface area contributed by atoms with Crippen LogP contribution in [0.1, 0.15) is 12.5 Å². The van der Waals surface area contributed by atoms with Crippen LogP contribution in [0.25, 0.3) is 10.9 Å². The molecule has 9 heteroatoms. The van der Waals surface area contributed by atoms with E-state index < -0.39 is 10.6 Å². The van der Waals surface area contributed by atoms with Crippen molar-refractivity contribution >= 4 is 32.5 Å². The van der Waals surface area contributed by atoms with Gasteiger partial charge in [-0.2, -0.15) is 9.97 Å². The van der Waals surface area contributed by atoms with Crippen LogP contribution in [-0.2, 0) is 6.42 Å². The topological polar surface area (TPSA) is 100 Å². The van der Waals surface area contributed by atoms with Gasteiger partial charge < -0.3 is 9.47 Å². The van der Waals surface area contributed by atoms with E-state index in [9.17, 15) is 10.1 Å². The Kier molecular flexibility index (Phi) is 5.53. The van der Waals surface area contributed by atoms with E-state index in [1.165, 1.54) is 0 Å². The Bertz CT molecular complexity index is 1230. The summed E-state index contributed by atoms with van der Waals surface area (Å²) in [6.45, 7) is 2.04. The molecule has 0 saturated carbocycles. The summed E-state index contributed by atoms with van der Waals surface area (Å²) in [4.78, 5) is 23.4. The number of ether oxygens (including phenoxy) is 2. The highest BCUT2D eigenvalue weighted by Gasteiger charge is 2.27. The molecule has 0 amide bonds. The Hall–Kier alpha value is -3.59. The van der Waals surface area contributed by atoms with Crippen LogP contribution in [0.3, 0.4) is 0 Å². The Morgan fingerprint density at radius 2 is 1.73 bits per heavy atom. The van der Waals surface area contributed by atoms with E-state index >= 15 is 0 Å². The maximum atomic E-state index is 11.8. The second kappa shape index (κ2) is 8.42. The monoisotopic (exact) mass is 466 g/mol. The van der Waals surface area contributed by atoms with E-state index in [2.05, 4.69) is 30.9 Å². The predicted octanol–water partition coefficient (Wildman–Crippen LogP) is 5.84. The van der Waals surface area contributed by atoms with Gasteiger partial charge in [0.15, 0.2) is 5.75 Å². The largest absolute Gasteiger partial charge is 0.433 e. The van der Waals surface area contributed by atoms with E-state index in [0.29, 0.717) is 17.0 Å². The van der Waals surface area contributed by atoms with Crippen molar-refractivity contribution in [2.24, 2.45) is 0 Å². The van der Waals surface area contributed by atoms with Crippen molar-refractivity contribution in [3.05, 3.63) is 81.2 Å². The molecule has 0 aliphatic heterocycles. The van der Waals surface area contributed by atoms with E-state index in [4.69, 9.17) is 9.47 Å². The second-order valence-corrected chi connectivity index (χ2v) is 7.09. The molecule has 0 N–H and O–H groups in total. The molecular formula is C21H15BrN4O4. The van der Waals surface area contributed by atoms with Crippen molar-refractivity contribution in [3.63, 3.8) is 0 Å². The first-order valence-electron chi connectivity index (χ1n) is 9.04. The molecule has 0 aliphatic carbocycles. The zero-order valence-corrected chi connectivity index (χ0v) is 17.4. The van der Waals surface area contributed by atoms with Crippen LogP contribution in [-0.4, -0.2) is 19.9 Å². The number of rotatable bonds is 6. The number of pyridine rings is 1. The van der Waals surface area contributed by atoms with Crippen molar-refractivity contribution in [2.75, 3.05) is 0 Å². The molecule has 150 valence electrons. The molecule has 4 rings (SSSR count). The summed E-state index contributed by atoms with van der Waals surface area (Å²) >= 11 is 3.46. The van der Waals surface area contributed by atoms with Crippen LogP contribution in [0.5, 0.6) is 23.3 Å². The minimum Gasteiger partial charge on any atom is -0.433 e. The minimum absolute atomic E-state index is 0.205. The van der Waals surface area contributed by atoms with Gasteiger partial charge in [0, 0.05) is 16.1 Å². The lowest BCUT2D eigenvalue weighted by Crippen LogP contribution is -2.01. The Morgan fingerprint density at radius 1 is 1.00 bits per heavy atom. The molecule has 30 heavy (non-hydrogen) atoms. The summed E-state index contributed by atoms with van der Waals surface area (Å²) < 4.78 is 12.3. The summed E-state index contributed by atoms with van der Waals surface area (Å²) in [5.74, 6) is 0.317. The molecule has 0 radical (unpaired) electrons. The summed E-state index contributed by atoms with van der Waals surface area (Å²) in [5.41, 5.74) is 1.19. The number of hydrogen-bond donors (Lipinski definition) is 0. The van der Waals surface area contributed by atoms with Gasteiger partial charge in [-0.1, -0.05) is 41.1 Å². The molecule has 2 aromatic heterocycles. The maximum absolute atomic E-state index is 11.8. The summed E-state index contributed by atoms with van der Waals surface area (Å²) in [7, 11) is 0. The smallest absolute Gasteiger partial charge is 0.393 e. The quantitative estimate of drug-likeness (QED) is 0.259. The molecule has 2 aromatic carbocycles. The Labute approximate surface area is 179 Å². The zero-order valence-electron chi connectivity index (χ0n) is 15.8. The molecule has 0 fully saturated rings. The van der Waals surface area contributed by atoms with Gasteiger partial charge in [-0.15, -0.1) is 0 Å². The van der Waals surface area contributed by atoms with Crippen molar-refractivity contribution < 1.29 is 14.4 Å². The maximum Gasteiger partial charge on any atom is 0.393 e. The zero-order chi connectivity index (χ0) is 21.1. The van der Waals surface area contributed by atoms with Crippen LogP contribution in [0.4, 0.5) is 5.69 Å². The Morgan fingerprint density at radius 3 is 2.43 bits per heavy atom. The molecular weight excluding hydrogens is 452 g/mol. The first kappa shape index (κ1) is 19.7. The van der Waals surface area contributed by atoms with Gasteiger partial charge in [-0.25, -0.2) is 0 Å². The molecule has 8 nitrogen and oxygen atoms in total. The number of halogens is 1. The predicted molar refractivity (Wildman–Crippen MR) is 114 cm³/mol. The number of fused-ring (bicyclic) bond motifs is 1. The molecule has 0 aliphatic rings. The highest BCUT2D eigenvalue weighted by molar-refractivity contribution is 9.10. The van der Waals surface area contributed by atoms with Crippen LogP contribution in [0.2, 0.25) is 0 Å². The fourth-order valence-electron chi connectivity index (χ4n) is 2.86. The number of aromatic nitrogens is 3. The molecule has 0 bridgehead atoms. The molecule has 2 heterocycles. The van der Waals surface area contributed by atoms with E-state index in [0.717, 1.165) is 28.2 Å². The third-order valence-corrected chi connectivity index (χ3v) is 5.06. The lowest BCUT2D eigenvalue weighted by atomic mass is 10.2. The second-order valence-electron chi connectivity index (χ2n) is 6.24. The van der Waals surface area contributed by atoms with Gasteiger partial charge >= 0.3 is 17.4 Å². The third-order valence-electron chi connectivity index (χ3n) is 4.37. The van der Waals surface area contributed by atoms with Gasteiger partial charge in [0.2, 0.25) is 0 Å². The fourth-order valence-corrected chi connectivity index (χ4v) is 3.31. The van der Waals surface area contributed by atoms with Gasteiger partial charge in [0.1, 0.15) is 17.6 Å². The fraction of sp³-hybridized carbons (Fsp3) is 0.0952. The molecule has 0 spiro atoms. The normalized spacial score (nSPS) is 10.7. The standard InChI is InChI=1S/C21H15BrN4O4/c1-2-13-5-7-14(8-6-13)29-20-19(26(27)28)21(25-12-24-20)30-17-10-9-16(22)15-4-3-11-23-18(15)17/h3-12H,2H2,1H3. The Balaban J connectivity index is 1.73. The number of benzene rings is 2. The van der Waals surface area contributed by atoms with Gasteiger partial charge in [0.25, 0.3) is 0 Å². The van der Waals surface area contributed by atoms with E-state index in [1.54, 1.807) is 36.5 Å². The van der Waals surface area contributed by atoms with Crippen molar-refractivity contribution in [1.82, 2.24) is 15.0 Å². The summed E-state index contributed by atoms with van der Waals surface area (Å²) in [6, 6.07) is 14.3. The molecule has 0 saturated heterocycles. The highest BCUT2D eigenvalue weighted by Crippen LogP contribution is 2.39. The number of nitrogens with zero attached hydrogens (tertiary/aromatic N) is 4. The third kappa shape index (κ3) is 3.92. The summed E-state index contributed by atoms with van der Waals surface area (Å²) in [5, 5.41) is 12.6. The lowest BCUT2D eigenvalue weighted by molar-refractivity contribution is -0.387. The first-order valence-corrected chi connectivity index (χ1v) is 9.83. The molecule has 0 unspecified atom stereocenters. The van der Waals surface area contributed by atoms with Crippen LogP contribution in [0, 0.1) is 10.1 Å². The lowest BCUT2D eigenvalue weighted by Gasteiger charge is -2.10. The average molecular weight is 467 g/mol. The number of nitro groups is 1. The molecule has 4 aromatic rings. The van der Waals surface area contributed by atoms with Crippen molar-refractivity contribution in [3.8, 4) is 23.3 Å². The average Bonchev–Trinajstić information content (AvgIpc) is 2.76. The van der Waals surface area contributed by atoms with Gasteiger partial charge in [0.05, 0.1) is 4.92 Å². The SMILES string of the molecule is CCc1ccc(Oc2ncnc(Oc3ccc(Br)c4cccnc34)c2[N+](=O)[O-])cc1. The van der Waals surface area contributed by atoms with E-state index in [-0.39, 0.29) is 11.8 Å². The minimum atomic E-state index is -0.625. The van der Waals surface area contributed by atoms with Gasteiger partial charge in [-0.3, -0.25) is 15.1 Å². The number of aryl methyl sites for hydroxylation is 1. The molecule has 0 atom stereocenters. The van der Waals surface area contributed by atoms with Crippen LogP contribution < -0.4 is 9.47 Å². The van der Waals surface area contributed by atoms with Crippen molar-refractivity contribution in [2.45, 2.75) is 13.3 Å². The van der Waals surface area contributed by atoms with Crippen LogP contribution in [0.15, 0.2) is 65.5 Å². The summed E-state index contributed by atoms with van der Waals surface area (Å²) in [6.07, 6.45) is 3.65. The van der Waals surface area contributed by atoms with E-state index in [1.807, 2.05) is 25.1 Å². The van der Waals surface area contributed by atoms with Gasteiger partial charge in [-0.05, 0) is 42.3 Å². The number of hydrogen-bond acceptors (Lipinski definition) is 7. The first-order chi connectivity index (χ1) is 14.6. The van der Waals surface area contributed by atoms with Crippen LogP contribution >= 0.6 is 15.9 Å². The van der Waals surface area contributed by atoms with Crippen molar-refractivity contribution in [1.29, 1.82) is 0 Å².